The lowest BCUT2D eigenvalue weighted by Crippen LogP contribution is -2.31. The summed E-state index contributed by atoms with van der Waals surface area (Å²) >= 11 is 6.22. The molecule has 0 aliphatic rings. The molecule has 0 aliphatic heterocycles. The number of rotatable bonds is 6. The van der Waals surface area contributed by atoms with Gasteiger partial charge < -0.3 is 10.1 Å². The van der Waals surface area contributed by atoms with Crippen LogP contribution in [0.1, 0.15) is 42.4 Å². The summed E-state index contributed by atoms with van der Waals surface area (Å²) in [7, 11) is 0. The normalized spacial score (nSPS) is 11.8. The van der Waals surface area contributed by atoms with Crippen LogP contribution in [0, 0.1) is 0 Å². The van der Waals surface area contributed by atoms with E-state index >= 15 is 0 Å². The fraction of sp³-hybridized carbons (Fsp3) is 0.278. The molecule has 1 unspecified atom stereocenters. The molecule has 0 saturated carbocycles. The van der Waals surface area contributed by atoms with Crippen molar-refractivity contribution in [3.8, 4) is 0 Å². The average molecular weight is 347 g/mol. The highest BCUT2D eigenvalue weighted by Gasteiger charge is 2.22. The minimum atomic E-state index is -0.598. The van der Waals surface area contributed by atoms with Crippen molar-refractivity contribution in [2.75, 3.05) is 0 Å². The SMILES string of the molecule is CC(C)OC(=O)CC(NC(=O)c1ccccn1)c1ccccc1Cl. The second-order valence-corrected chi connectivity index (χ2v) is 5.91. The summed E-state index contributed by atoms with van der Waals surface area (Å²) in [6.45, 7) is 3.55. The van der Waals surface area contributed by atoms with Gasteiger partial charge in [0.05, 0.1) is 18.6 Å². The maximum Gasteiger partial charge on any atom is 0.308 e. The quantitative estimate of drug-likeness (QED) is 0.812. The Morgan fingerprint density at radius 3 is 2.50 bits per heavy atom. The number of carbonyl (C=O) groups excluding carboxylic acids is 2. The van der Waals surface area contributed by atoms with Gasteiger partial charge >= 0.3 is 5.97 Å². The lowest BCUT2D eigenvalue weighted by Gasteiger charge is -2.20. The van der Waals surface area contributed by atoms with Crippen LogP contribution >= 0.6 is 11.6 Å². The molecular formula is C18H19ClN2O3. The molecule has 1 aromatic carbocycles. The van der Waals surface area contributed by atoms with E-state index in [4.69, 9.17) is 16.3 Å². The van der Waals surface area contributed by atoms with Gasteiger partial charge in [0.25, 0.3) is 5.91 Å². The number of amides is 1. The van der Waals surface area contributed by atoms with Crippen LogP contribution in [0.2, 0.25) is 5.02 Å². The molecular weight excluding hydrogens is 328 g/mol. The van der Waals surface area contributed by atoms with Crippen molar-refractivity contribution in [3.05, 3.63) is 64.9 Å². The molecule has 2 aromatic rings. The lowest BCUT2D eigenvalue weighted by molar-refractivity contribution is -0.147. The van der Waals surface area contributed by atoms with Crippen molar-refractivity contribution in [1.29, 1.82) is 0 Å². The molecule has 6 heteroatoms. The van der Waals surface area contributed by atoms with Crippen LogP contribution < -0.4 is 5.32 Å². The number of carbonyl (C=O) groups is 2. The van der Waals surface area contributed by atoms with Crippen molar-refractivity contribution in [3.63, 3.8) is 0 Å². The third-order valence-electron chi connectivity index (χ3n) is 3.22. The predicted molar refractivity (Wildman–Crippen MR) is 91.7 cm³/mol. The molecule has 1 N–H and O–H groups in total. The Bertz CT molecular complexity index is 704. The molecule has 1 atom stereocenters. The van der Waals surface area contributed by atoms with Crippen molar-refractivity contribution in [2.24, 2.45) is 0 Å². The molecule has 0 saturated heterocycles. The van der Waals surface area contributed by atoms with Crippen molar-refractivity contribution in [2.45, 2.75) is 32.4 Å². The van der Waals surface area contributed by atoms with E-state index in [2.05, 4.69) is 10.3 Å². The van der Waals surface area contributed by atoms with E-state index in [0.29, 0.717) is 10.6 Å². The molecule has 24 heavy (non-hydrogen) atoms. The Hall–Kier alpha value is -2.40. The van der Waals surface area contributed by atoms with Gasteiger partial charge in [-0.05, 0) is 37.6 Å². The fourth-order valence-corrected chi connectivity index (χ4v) is 2.47. The van der Waals surface area contributed by atoms with Gasteiger partial charge in [-0.3, -0.25) is 14.6 Å². The van der Waals surface area contributed by atoms with Crippen LogP contribution in [0.15, 0.2) is 48.7 Å². The zero-order valence-corrected chi connectivity index (χ0v) is 14.3. The van der Waals surface area contributed by atoms with Crippen molar-refractivity contribution >= 4 is 23.5 Å². The minimum Gasteiger partial charge on any atom is -0.463 e. The van der Waals surface area contributed by atoms with E-state index in [-0.39, 0.29) is 24.1 Å². The first kappa shape index (κ1) is 17.9. The van der Waals surface area contributed by atoms with Gasteiger partial charge in [0.1, 0.15) is 5.69 Å². The van der Waals surface area contributed by atoms with E-state index in [1.807, 2.05) is 0 Å². The highest BCUT2D eigenvalue weighted by molar-refractivity contribution is 6.31. The summed E-state index contributed by atoms with van der Waals surface area (Å²) < 4.78 is 5.18. The molecule has 0 spiro atoms. The molecule has 1 amide bonds. The molecule has 2 rings (SSSR count). The predicted octanol–water partition coefficient (Wildman–Crippen LogP) is 3.55. The van der Waals surface area contributed by atoms with Crippen LogP contribution in [-0.4, -0.2) is 23.0 Å². The highest BCUT2D eigenvalue weighted by Crippen LogP contribution is 2.26. The van der Waals surface area contributed by atoms with Gasteiger partial charge in [-0.15, -0.1) is 0 Å². The molecule has 0 bridgehead atoms. The highest BCUT2D eigenvalue weighted by atomic mass is 35.5. The van der Waals surface area contributed by atoms with E-state index in [0.717, 1.165) is 0 Å². The second-order valence-electron chi connectivity index (χ2n) is 5.51. The lowest BCUT2D eigenvalue weighted by atomic mass is 10.0. The first-order valence-corrected chi connectivity index (χ1v) is 8.01. The Labute approximate surface area is 146 Å². The summed E-state index contributed by atoms with van der Waals surface area (Å²) in [5, 5.41) is 3.28. The first-order chi connectivity index (χ1) is 11.5. The standard InChI is InChI=1S/C18H19ClN2O3/c1-12(2)24-17(22)11-16(13-7-3-4-8-14(13)19)21-18(23)15-9-5-6-10-20-15/h3-10,12,16H,11H2,1-2H3,(H,21,23). The Morgan fingerprint density at radius 2 is 1.88 bits per heavy atom. The molecule has 1 heterocycles. The Balaban J connectivity index is 2.21. The zero-order valence-electron chi connectivity index (χ0n) is 13.5. The summed E-state index contributed by atoms with van der Waals surface area (Å²) in [5.41, 5.74) is 0.927. The summed E-state index contributed by atoms with van der Waals surface area (Å²) in [6.07, 6.45) is 1.29. The molecule has 0 fully saturated rings. The fourth-order valence-electron chi connectivity index (χ4n) is 2.20. The van der Waals surface area contributed by atoms with Crippen molar-refractivity contribution in [1.82, 2.24) is 10.3 Å². The zero-order chi connectivity index (χ0) is 17.5. The Kier molecular flexibility index (Phi) is 6.32. The number of halogens is 1. The number of aromatic nitrogens is 1. The average Bonchev–Trinajstić information content (AvgIpc) is 2.54. The van der Waals surface area contributed by atoms with Gasteiger partial charge in [-0.2, -0.15) is 0 Å². The number of pyridine rings is 1. The smallest absolute Gasteiger partial charge is 0.308 e. The van der Waals surface area contributed by atoms with Gasteiger partial charge in [0.15, 0.2) is 0 Å². The maximum atomic E-state index is 12.4. The number of hydrogen-bond acceptors (Lipinski definition) is 4. The van der Waals surface area contributed by atoms with Crippen LogP contribution in [0.25, 0.3) is 0 Å². The number of esters is 1. The van der Waals surface area contributed by atoms with E-state index < -0.39 is 12.0 Å². The molecule has 0 radical (unpaired) electrons. The summed E-state index contributed by atoms with van der Waals surface area (Å²) in [6, 6.07) is 11.5. The summed E-state index contributed by atoms with van der Waals surface area (Å²) in [5.74, 6) is -0.783. The molecule has 0 aliphatic carbocycles. The monoisotopic (exact) mass is 346 g/mol. The number of nitrogens with zero attached hydrogens (tertiary/aromatic N) is 1. The van der Waals surface area contributed by atoms with Gasteiger partial charge in [-0.1, -0.05) is 35.9 Å². The van der Waals surface area contributed by atoms with Crippen LogP contribution in [0.3, 0.4) is 0 Å². The topological polar surface area (TPSA) is 68.3 Å². The number of nitrogens with one attached hydrogen (secondary N) is 1. The number of hydrogen-bond donors (Lipinski definition) is 1. The third-order valence-corrected chi connectivity index (χ3v) is 3.57. The molecule has 126 valence electrons. The van der Waals surface area contributed by atoms with E-state index in [1.165, 1.54) is 6.20 Å². The minimum absolute atomic E-state index is 0.0134. The molecule has 5 nitrogen and oxygen atoms in total. The van der Waals surface area contributed by atoms with Crippen LogP contribution in [0.4, 0.5) is 0 Å². The van der Waals surface area contributed by atoms with Gasteiger partial charge in [0.2, 0.25) is 0 Å². The van der Waals surface area contributed by atoms with E-state index in [1.54, 1.807) is 56.3 Å². The maximum absolute atomic E-state index is 12.4. The van der Waals surface area contributed by atoms with Crippen molar-refractivity contribution < 1.29 is 14.3 Å². The first-order valence-electron chi connectivity index (χ1n) is 7.63. The number of ether oxygens (including phenoxy) is 1. The molecule has 1 aromatic heterocycles. The number of benzene rings is 1. The van der Waals surface area contributed by atoms with Gasteiger partial charge in [-0.25, -0.2) is 0 Å². The third kappa shape index (κ3) is 5.06. The largest absolute Gasteiger partial charge is 0.463 e. The van der Waals surface area contributed by atoms with E-state index in [9.17, 15) is 9.59 Å². The second kappa shape index (κ2) is 8.45. The summed E-state index contributed by atoms with van der Waals surface area (Å²) in [4.78, 5) is 28.4. The van der Waals surface area contributed by atoms with Crippen LogP contribution in [0.5, 0.6) is 0 Å². The Morgan fingerprint density at radius 1 is 1.17 bits per heavy atom. The van der Waals surface area contributed by atoms with Gasteiger partial charge in [0, 0.05) is 11.2 Å². The van der Waals surface area contributed by atoms with Crippen LogP contribution in [-0.2, 0) is 9.53 Å².